The minimum atomic E-state index is -0.402. The van der Waals surface area contributed by atoms with E-state index in [1.165, 1.54) is 12.1 Å². The molecule has 0 heterocycles. The van der Waals surface area contributed by atoms with Crippen molar-refractivity contribution in [1.29, 1.82) is 0 Å². The van der Waals surface area contributed by atoms with Crippen LogP contribution in [0, 0.1) is 10.1 Å². The number of benzene rings is 1. The summed E-state index contributed by atoms with van der Waals surface area (Å²) in [6, 6.07) is 6.48. The molecule has 0 bridgehead atoms. The average Bonchev–Trinajstić information content (AvgIpc) is 2.37. The summed E-state index contributed by atoms with van der Waals surface area (Å²) in [6.07, 6.45) is -0.108. The first-order valence-corrected chi connectivity index (χ1v) is 6.22. The standard InChI is InChI=1S/C14H20N2O3/c1-5-15(12(4)19-10-11(2)3)13-6-8-14(9-7-13)16(17)18/h6-9,12H,2,5,10H2,1,3-4H3. The number of rotatable bonds is 7. The highest BCUT2D eigenvalue weighted by Gasteiger charge is 2.14. The van der Waals surface area contributed by atoms with Gasteiger partial charge in [-0.1, -0.05) is 12.2 Å². The second-order valence-electron chi connectivity index (χ2n) is 4.43. The van der Waals surface area contributed by atoms with E-state index in [9.17, 15) is 10.1 Å². The molecule has 1 unspecified atom stereocenters. The van der Waals surface area contributed by atoms with Crippen LogP contribution in [0.1, 0.15) is 20.8 Å². The number of nitro benzene ring substituents is 1. The number of anilines is 1. The molecule has 1 aromatic carbocycles. The highest BCUT2D eigenvalue weighted by atomic mass is 16.6. The van der Waals surface area contributed by atoms with E-state index in [2.05, 4.69) is 6.58 Å². The maximum Gasteiger partial charge on any atom is 0.269 e. The smallest absolute Gasteiger partial charge is 0.269 e. The Balaban J connectivity index is 2.78. The Morgan fingerprint density at radius 2 is 2.05 bits per heavy atom. The van der Waals surface area contributed by atoms with E-state index in [-0.39, 0.29) is 11.9 Å². The lowest BCUT2D eigenvalue weighted by Gasteiger charge is -2.30. The Bertz CT molecular complexity index is 443. The maximum atomic E-state index is 10.6. The number of ether oxygens (including phenoxy) is 1. The molecule has 0 saturated carbocycles. The van der Waals surface area contributed by atoms with Gasteiger partial charge in [-0.3, -0.25) is 10.1 Å². The summed E-state index contributed by atoms with van der Waals surface area (Å²) >= 11 is 0. The average molecular weight is 264 g/mol. The van der Waals surface area contributed by atoms with E-state index in [0.29, 0.717) is 6.61 Å². The van der Waals surface area contributed by atoms with Gasteiger partial charge in [0.15, 0.2) is 0 Å². The molecule has 0 radical (unpaired) electrons. The molecule has 104 valence electrons. The summed E-state index contributed by atoms with van der Waals surface area (Å²) in [4.78, 5) is 12.3. The summed E-state index contributed by atoms with van der Waals surface area (Å²) in [5, 5.41) is 10.6. The van der Waals surface area contributed by atoms with Gasteiger partial charge >= 0.3 is 0 Å². The molecule has 0 spiro atoms. The van der Waals surface area contributed by atoms with Crippen LogP contribution >= 0.6 is 0 Å². The van der Waals surface area contributed by atoms with Gasteiger partial charge in [-0.15, -0.1) is 0 Å². The van der Waals surface area contributed by atoms with Crippen molar-refractivity contribution >= 4 is 11.4 Å². The van der Waals surface area contributed by atoms with Crippen molar-refractivity contribution < 1.29 is 9.66 Å². The second-order valence-corrected chi connectivity index (χ2v) is 4.43. The normalized spacial score (nSPS) is 11.9. The van der Waals surface area contributed by atoms with Crippen LogP contribution in [0.15, 0.2) is 36.4 Å². The molecule has 0 saturated heterocycles. The van der Waals surface area contributed by atoms with E-state index in [1.54, 1.807) is 12.1 Å². The molecule has 5 nitrogen and oxygen atoms in total. The Hall–Kier alpha value is -1.88. The number of non-ortho nitro benzene ring substituents is 1. The number of hydrogen-bond acceptors (Lipinski definition) is 4. The lowest BCUT2D eigenvalue weighted by atomic mass is 10.2. The number of nitrogens with zero attached hydrogens (tertiary/aromatic N) is 2. The fourth-order valence-electron chi connectivity index (χ4n) is 1.77. The first kappa shape index (κ1) is 15.2. The summed E-state index contributed by atoms with van der Waals surface area (Å²) < 4.78 is 5.68. The van der Waals surface area contributed by atoms with Gasteiger partial charge in [0, 0.05) is 24.4 Å². The molecule has 0 amide bonds. The highest BCUT2D eigenvalue weighted by molar-refractivity contribution is 5.51. The SMILES string of the molecule is C=C(C)COC(C)N(CC)c1ccc([N+](=O)[O-])cc1. The fraction of sp³-hybridized carbons (Fsp3) is 0.429. The van der Waals surface area contributed by atoms with Crippen LogP contribution in [-0.4, -0.2) is 24.3 Å². The van der Waals surface area contributed by atoms with Crippen LogP contribution in [-0.2, 0) is 4.74 Å². The zero-order valence-corrected chi connectivity index (χ0v) is 11.6. The van der Waals surface area contributed by atoms with Gasteiger partial charge in [-0.25, -0.2) is 0 Å². The third kappa shape index (κ3) is 4.37. The van der Waals surface area contributed by atoms with Crippen molar-refractivity contribution in [2.24, 2.45) is 0 Å². The van der Waals surface area contributed by atoms with Crippen LogP contribution in [0.4, 0.5) is 11.4 Å². The molecule has 19 heavy (non-hydrogen) atoms. The van der Waals surface area contributed by atoms with E-state index in [4.69, 9.17) is 4.74 Å². The lowest BCUT2D eigenvalue weighted by molar-refractivity contribution is -0.384. The molecular formula is C14H20N2O3. The first-order chi connectivity index (χ1) is 8.95. The van der Waals surface area contributed by atoms with Crippen molar-refractivity contribution in [3.05, 3.63) is 46.5 Å². The van der Waals surface area contributed by atoms with E-state index in [0.717, 1.165) is 17.8 Å². The quantitative estimate of drug-likeness (QED) is 0.328. The largest absolute Gasteiger partial charge is 0.354 e. The van der Waals surface area contributed by atoms with E-state index >= 15 is 0 Å². The van der Waals surface area contributed by atoms with Gasteiger partial charge < -0.3 is 9.64 Å². The zero-order chi connectivity index (χ0) is 14.4. The third-order valence-corrected chi connectivity index (χ3v) is 2.74. The molecule has 1 atom stereocenters. The zero-order valence-electron chi connectivity index (χ0n) is 11.6. The molecule has 0 N–H and O–H groups in total. The molecular weight excluding hydrogens is 244 g/mol. The van der Waals surface area contributed by atoms with Crippen LogP contribution in [0.2, 0.25) is 0 Å². The van der Waals surface area contributed by atoms with Crippen LogP contribution in [0.25, 0.3) is 0 Å². The van der Waals surface area contributed by atoms with Gasteiger partial charge in [-0.2, -0.15) is 0 Å². The summed E-state index contributed by atoms with van der Waals surface area (Å²) in [7, 11) is 0. The van der Waals surface area contributed by atoms with Crippen molar-refractivity contribution in [2.45, 2.75) is 27.0 Å². The van der Waals surface area contributed by atoms with Crippen LogP contribution in [0.3, 0.4) is 0 Å². The van der Waals surface area contributed by atoms with Gasteiger partial charge in [0.05, 0.1) is 11.5 Å². The monoisotopic (exact) mass is 264 g/mol. The molecule has 0 aliphatic heterocycles. The second kappa shape index (κ2) is 6.89. The Morgan fingerprint density at radius 3 is 2.47 bits per heavy atom. The van der Waals surface area contributed by atoms with Gasteiger partial charge in [0.2, 0.25) is 0 Å². The van der Waals surface area contributed by atoms with Gasteiger partial charge in [0.1, 0.15) is 6.23 Å². The van der Waals surface area contributed by atoms with Crippen molar-refractivity contribution in [3.63, 3.8) is 0 Å². The number of hydrogen-bond donors (Lipinski definition) is 0. The minimum Gasteiger partial charge on any atom is -0.354 e. The van der Waals surface area contributed by atoms with Crippen molar-refractivity contribution in [1.82, 2.24) is 0 Å². The summed E-state index contributed by atoms with van der Waals surface area (Å²) in [5.74, 6) is 0. The lowest BCUT2D eigenvalue weighted by Crippen LogP contribution is -2.35. The fourth-order valence-corrected chi connectivity index (χ4v) is 1.77. The minimum absolute atomic E-state index is 0.0929. The maximum absolute atomic E-state index is 10.6. The molecule has 5 heteroatoms. The van der Waals surface area contributed by atoms with Crippen LogP contribution < -0.4 is 4.90 Å². The van der Waals surface area contributed by atoms with E-state index in [1.807, 2.05) is 25.7 Å². The van der Waals surface area contributed by atoms with Crippen molar-refractivity contribution in [3.8, 4) is 0 Å². The topological polar surface area (TPSA) is 55.6 Å². The van der Waals surface area contributed by atoms with Crippen LogP contribution in [0.5, 0.6) is 0 Å². The first-order valence-electron chi connectivity index (χ1n) is 6.22. The van der Waals surface area contributed by atoms with Crippen molar-refractivity contribution in [2.75, 3.05) is 18.1 Å². The van der Waals surface area contributed by atoms with Gasteiger partial charge in [-0.05, 0) is 32.9 Å². The Kier molecular flexibility index (Phi) is 5.51. The summed E-state index contributed by atoms with van der Waals surface area (Å²) in [6.45, 7) is 10.9. The molecule has 0 aliphatic carbocycles. The Labute approximate surface area is 113 Å². The number of nitro groups is 1. The van der Waals surface area contributed by atoms with E-state index < -0.39 is 4.92 Å². The third-order valence-electron chi connectivity index (χ3n) is 2.74. The molecule has 0 fully saturated rings. The molecule has 0 aliphatic rings. The molecule has 1 rings (SSSR count). The summed E-state index contributed by atoms with van der Waals surface area (Å²) in [5.41, 5.74) is 1.96. The predicted octanol–water partition coefficient (Wildman–Crippen LogP) is 3.36. The molecule has 0 aromatic heterocycles. The molecule has 1 aromatic rings. The van der Waals surface area contributed by atoms with Gasteiger partial charge in [0.25, 0.3) is 5.69 Å². The highest BCUT2D eigenvalue weighted by Crippen LogP contribution is 2.21. The predicted molar refractivity (Wildman–Crippen MR) is 76.3 cm³/mol. The Morgan fingerprint density at radius 1 is 1.47 bits per heavy atom.